The van der Waals surface area contributed by atoms with E-state index in [1.54, 1.807) is 38.3 Å². The number of ketones is 1. The summed E-state index contributed by atoms with van der Waals surface area (Å²) in [5.41, 5.74) is 8.47. The summed E-state index contributed by atoms with van der Waals surface area (Å²) in [7, 11) is 1.59. The van der Waals surface area contributed by atoms with Gasteiger partial charge in [0, 0.05) is 17.8 Å². The van der Waals surface area contributed by atoms with Crippen molar-refractivity contribution < 1.29 is 19.1 Å². The second kappa shape index (κ2) is 11.2. The van der Waals surface area contributed by atoms with Gasteiger partial charge in [0.1, 0.15) is 5.75 Å². The molecule has 9 nitrogen and oxygen atoms in total. The van der Waals surface area contributed by atoms with Crippen molar-refractivity contribution in [3.05, 3.63) is 70.5 Å². The summed E-state index contributed by atoms with van der Waals surface area (Å²) in [5, 5.41) is 11.4. The Morgan fingerprint density at radius 3 is 2.45 bits per heavy atom. The van der Waals surface area contributed by atoms with Crippen LogP contribution < -0.4 is 15.8 Å². The molecule has 1 aromatic heterocycles. The fourth-order valence-electron chi connectivity index (χ4n) is 3.35. The van der Waals surface area contributed by atoms with Gasteiger partial charge in [-0.05, 0) is 55.3 Å². The third-order valence-corrected chi connectivity index (χ3v) is 5.03. The van der Waals surface area contributed by atoms with Crippen LogP contribution >= 0.6 is 0 Å². The summed E-state index contributed by atoms with van der Waals surface area (Å²) in [5.74, 6) is -0.439. The van der Waals surface area contributed by atoms with Gasteiger partial charge in [-0.25, -0.2) is 9.48 Å². The Morgan fingerprint density at radius 2 is 1.82 bits per heavy atom. The highest BCUT2D eigenvalue weighted by Crippen LogP contribution is 2.21. The summed E-state index contributed by atoms with van der Waals surface area (Å²) in [6, 6.07) is 12.5. The summed E-state index contributed by atoms with van der Waals surface area (Å²) in [6.07, 6.45) is 1.02. The number of methoxy groups -OCH3 is 1. The molecule has 33 heavy (non-hydrogen) atoms. The minimum Gasteiger partial charge on any atom is -0.497 e. The molecule has 3 N–H and O–H groups in total. The lowest BCUT2D eigenvalue weighted by Crippen LogP contribution is -2.18. The van der Waals surface area contributed by atoms with Crippen LogP contribution in [-0.2, 0) is 17.8 Å². The van der Waals surface area contributed by atoms with Gasteiger partial charge in [-0.2, -0.15) is 0 Å². The number of nitrogens with zero attached hydrogens (tertiary/aromatic N) is 3. The predicted octanol–water partition coefficient (Wildman–Crippen LogP) is 2.82. The lowest BCUT2D eigenvalue weighted by molar-refractivity contribution is 0.0509. The van der Waals surface area contributed by atoms with E-state index in [0.717, 1.165) is 24.1 Å². The molecular weight excluding hydrogens is 422 g/mol. The number of anilines is 1. The average Bonchev–Trinajstić information content (AvgIpc) is 3.23. The van der Waals surface area contributed by atoms with Crippen molar-refractivity contribution in [2.75, 3.05) is 26.0 Å². The van der Waals surface area contributed by atoms with Crippen molar-refractivity contribution >= 4 is 17.4 Å². The molecule has 2 aromatic carbocycles. The first-order valence-electron chi connectivity index (χ1n) is 10.9. The molecule has 0 spiro atoms. The van der Waals surface area contributed by atoms with Crippen molar-refractivity contribution in [2.45, 2.75) is 33.4 Å². The monoisotopic (exact) mass is 451 g/mol. The number of carbonyl (C=O) groups excluding carboxylic acids is 2. The number of hydrogen-bond donors (Lipinski definition) is 2. The zero-order valence-corrected chi connectivity index (χ0v) is 19.1. The molecule has 0 fully saturated rings. The first kappa shape index (κ1) is 23.9. The van der Waals surface area contributed by atoms with Crippen LogP contribution in [0.15, 0.2) is 42.5 Å². The number of benzene rings is 2. The van der Waals surface area contributed by atoms with Gasteiger partial charge in [0.15, 0.2) is 11.4 Å². The number of carbonyl (C=O) groups is 2. The molecule has 9 heteroatoms. The third kappa shape index (κ3) is 5.75. The molecule has 0 amide bonds. The molecule has 0 bridgehead atoms. The second-order valence-electron chi connectivity index (χ2n) is 7.44. The van der Waals surface area contributed by atoms with Gasteiger partial charge in [0.2, 0.25) is 5.78 Å². The van der Waals surface area contributed by atoms with Gasteiger partial charge < -0.3 is 20.5 Å². The van der Waals surface area contributed by atoms with Gasteiger partial charge in [-0.15, -0.1) is 5.10 Å². The topological polar surface area (TPSA) is 121 Å². The number of ether oxygens (including phenoxy) is 2. The molecule has 3 aromatic rings. The molecule has 0 unspecified atom stereocenters. The highest BCUT2D eigenvalue weighted by atomic mass is 16.5. The lowest BCUT2D eigenvalue weighted by atomic mass is 10.0. The van der Waals surface area contributed by atoms with Crippen LogP contribution in [0.25, 0.3) is 0 Å². The van der Waals surface area contributed by atoms with Crippen LogP contribution in [0, 0.1) is 0 Å². The average molecular weight is 452 g/mol. The molecule has 0 saturated carbocycles. The Hall–Kier alpha value is -3.72. The van der Waals surface area contributed by atoms with Crippen molar-refractivity contribution in [3.8, 4) is 5.75 Å². The molecule has 174 valence electrons. The first-order valence-corrected chi connectivity index (χ1v) is 10.9. The molecule has 0 aliphatic carbocycles. The van der Waals surface area contributed by atoms with Crippen LogP contribution in [0.4, 0.5) is 5.69 Å². The van der Waals surface area contributed by atoms with Crippen LogP contribution in [0.1, 0.15) is 57.9 Å². The highest BCUT2D eigenvalue weighted by molar-refractivity contribution is 6.15. The number of nitrogens with one attached hydrogen (secondary N) is 1. The Labute approximate surface area is 192 Å². The maximum atomic E-state index is 13.3. The Morgan fingerprint density at radius 1 is 1.09 bits per heavy atom. The van der Waals surface area contributed by atoms with E-state index >= 15 is 0 Å². The maximum absolute atomic E-state index is 13.3. The minimum absolute atomic E-state index is 0.00856. The zero-order chi connectivity index (χ0) is 23.8. The van der Waals surface area contributed by atoms with Crippen LogP contribution in [-0.4, -0.2) is 47.0 Å². The molecule has 0 atom stereocenters. The number of rotatable bonds is 11. The van der Waals surface area contributed by atoms with Crippen molar-refractivity contribution in [1.82, 2.24) is 20.3 Å². The predicted molar refractivity (Wildman–Crippen MR) is 124 cm³/mol. The fourth-order valence-corrected chi connectivity index (χ4v) is 3.35. The van der Waals surface area contributed by atoms with Crippen molar-refractivity contribution in [1.29, 1.82) is 0 Å². The van der Waals surface area contributed by atoms with E-state index in [4.69, 9.17) is 15.2 Å². The van der Waals surface area contributed by atoms with E-state index in [9.17, 15) is 9.59 Å². The van der Waals surface area contributed by atoms with Gasteiger partial charge in [0.05, 0.1) is 20.3 Å². The second-order valence-corrected chi connectivity index (χ2v) is 7.44. The normalized spacial score (nSPS) is 10.8. The van der Waals surface area contributed by atoms with Crippen LogP contribution in [0.3, 0.4) is 0 Å². The summed E-state index contributed by atoms with van der Waals surface area (Å²) < 4.78 is 11.7. The highest BCUT2D eigenvalue weighted by Gasteiger charge is 2.28. The molecule has 0 aliphatic heterocycles. The molecule has 0 radical (unpaired) electrons. The molecule has 0 saturated heterocycles. The molecule has 1 heterocycles. The van der Waals surface area contributed by atoms with Gasteiger partial charge in [-0.1, -0.05) is 30.3 Å². The van der Waals surface area contributed by atoms with E-state index in [2.05, 4.69) is 22.6 Å². The fraction of sp³-hybridized carbons (Fsp3) is 0.333. The van der Waals surface area contributed by atoms with Crippen molar-refractivity contribution in [3.63, 3.8) is 0 Å². The Bertz CT molecular complexity index is 1110. The standard InChI is InChI=1S/C24H29N5O4/c1-4-12-26-14-17-8-11-19(20(25)13-17)23(30)21-22(24(31)33-5-2)29(28-27-21)15-16-6-9-18(32-3)10-7-16/h6-11,13,26H,4-5,12,14-15,25H2,1-3H3. The first-order chi connectivity index (χ1) is 16.0. The minimum atomic E-state index is -0.668. The van der Waals surface area contributed by atoms with Gasteiger partial charge >= 0.3 is 5.97 Å². The SMILES string of the molecule is CCCNCc1ccc(C(=O)c2nnn(Cc3ccc(OC)cc3)c2C(=O)OCC)c(N)c1. The van der Waals surface area contributed by atoms with E-state index in [-0.39, 0.29) is 30.1 Å². The molecular formula is C24H29N5O4. The molecule has 0 aliphatic rings. The lowest BCUT2D eigenvalue weighted by Gasteiger charge is -2.10. The largest absolute Gasteiger partial charge is 0.497 e. The smallest absolute Gasteiger partial charge is 0.359 e. The summed E-state index contributed by atoms with van der Waals surface area (Å²) >= 11 is 0. The van der Waals surface area contributed by atoms with E-state index in [1.165, 1.54) is 4.68 Å². The summed E-state index contributed by atoms with van der Waals surface area (Å²) in [4.78, 5) is 26.0. The van der Waals surface area contributed by atoms with E-state index in [0.29, 0.717) is 18.0 Å². The van der Waals surface area contributed by atoms with E-state index < -0.39 is 11.8 Å². The van der Waals surface area contributed by atoms with Crippen molar-refractivity contribution in [2.24, 2.45) is 0 Å². The Kier molecular flexibility index (Phi) is 8.15. The van der Waals surface area contributed by atoms with E-state index in [1.807, 2.05) is 18.2 Å². The number of hydrogen-bond acceptors (Lipinski definition) is 8. The zero-order valence-electron chi connectivity index (χ0n) is 19.1. The number of nitrogen functional groups attached to an aromatic ring is 1. The Balaban J connectivity index is 1.91. The van der Waals surface area contributed by atoms with Crippen LogP contribution in [0.2, 0.25) is 0 Å². The third-order valence-electron chi connectivity index (χ3n) is 5.03. The summed E-state index contributed by atoms with van der Waals surface area (Å²) in [6.45, 7) is 5.71. The van der Waals surface area contributed by atoms with Gasteiger partial charge in [-0.3, -0.25) is 4.79 Å². The van der Waals surface area contributed by atoms with Gasteiger partial charge in [0.25, 0.3) is 0 Å². The number of nitrogens with two attached hydrogens (primary N) is 1. The maximum Gasteiger partial charge on any atom is 0.359 e. The quantitative estimate of drug-likeness (QED) is 0.198. The molecule has 3 rings (SSSR count). The van der Waals surface area contributed by atoms with Crippen LogP contribution in [0.5, 0.6) is 5.75 Å². The number of aromatic nitrogens is 3. The number of esters is 1.